The molecule has 2 heteroatoms. The maximum atomic E-state index is 3.50. The van der Waals surface area contributed by atoms with Gasteiger partial charge >= 0.3 is 0 Å². The molecule has 0 saturated carbocycles. The fraction of sp³-hybridized carbons (Fsp3) is 0.600. The number of benzene rings is 1. The molecule has 17 heavy (non-hydrogen) atoms. The highest BCUT2D eigenvalue weighted by atomic mass is 15.1. The summed E-state index contributed by atoms with van der Waals surface area (Å²) in [6.45, 7) is 8.36. The minimum absolute atomic E-state index is 0.770. The lowest BCUT2D eigenvalue weighted by Gasteiger charge is -2.28. The summed E-state index contributed by atoms with van der Waals surface area (Å²) in [5, 5.41) is 3.50. The lowest BCUT2D eigenvalue weighted by atomic mass is 10.1. The summed E-state index contributed by atoms with van der Waals surface area (Å²) in [7, 11) is 0. The minimum Gasteiger partial charge on any atom is -0.316 e. The van der Waals surface area contributed by atoms with Gasteiger partial charge in [-0.25, -0.2) is 0 Å². The highest BCUT2D eigenvalue weighted by Gasteiger charge is 2.12. The van der Waals surface area contributed by atoms with Gasteiger partial charge in [-0.1, -0.05) is 37.3 Å². The zero-order valence-corrected chi connectivity index (χ0v) is 10.9. The molecular weight excluding hydrogens is 208 g/mol. The molecule has 1 saturated heterocycles. The van der Waals surface area contributed by atoms with Crippen LogP contribution < -0.4 is 5.32 Å². The van der Waals surface area contributed by atoms with Gasteiger partial charge in [-0.15, -0.1) is 0 Å². The average molecular weight is 232 g/mol. The minimum atomic E-state index is 0.770. The molecule has 94 valence electrons. The summed E-state index contributed by atoms with van der Waals surface area (Å²) in [6.07, 6.45) is 2.46. The summed E-state index contributed by atoms with van der Waals surface area (Å²) in [4.78, 5) is 2.62. The van der Waals surface area contributed by atoms with Crippen LogP contribution in [-0.2, 0) is 6.42 Å². The Kier molecular flexibility index (Phi) is 5.02. The van der Waals surface area contributed by atoms with E-state index in [4.69, 9.17) is 0 Å². The van der Waals surface area contributed by atoms with E-state index in [0.29, 0.717) is 0 Å². The van der Waals surface area contributed by atoms with Gasteiger partial charge in [-0.05, 0) is 44.0 Å². The molecule has 1 aromatic rings. The van der Waals surface area contributed by atoms with E-state index in [1.54, 1.807) is 0 Å². The predicted molar refractivity (Wildman–Crippen MR) is 73.2 cm³/mol. The van der Waals surface area contributed by atoms with Crippen LogP contribution in [0.15, 0.2) is 30.3 Å². The third kappa shape index (κ3) is 4.49. The Morgan fingerprint density at radius 3 is 2.94 bits per heavy atom. The summed E-state index contributed by atoms with van der Waals surface area (Å²) in [6, 6.07) is 10.8. The summed E-state index contributed by atoms with van der Waals surface area (Å²) >= 11 is 0. The van der Waals surface area contributed by atoms with Crippen LogP contribution in [0, 0.1) is 5.92 Å². The van der Waals surface area contributed by atoms with Gasteiger partial charge in [0.25, 0.3) is 0 Å². The van der Waals surface area contributed by atoms with Crippen molar-refractivity contribution in [1.29, 1.82) is 0 Å². The van der Waals surface area contributed by atoms with Crippen LogP contribution in [-0.4, -0.2) is 37.6 Å². The van der Waals surface area contributed by atoms with E-state index < -0.39 is 0 Å². The van der Waals surface area contributed by atoms with Crippen LogP contribution in [0.3, 0.4) is 0 Å². The smallest absolute Gasteiger partial charge is 0.00220 e. The van der Waals surface area contributed by atoms with Gasteiger partial charge in [0, 0.05) is 13.1 Å². The second-order valence-electron chi connectivity index (χ2n) is 5.20. The Bertz CT molecular complexity index is 310. The van der Waals surface area contributed by atoms with Crippen LogP contribution in [0.25, 0.3) is 0 Å². The monoisotopic (exact) mass is 232 g/mol. The molecule has 0 bridgehead atoms. The highest BCUT2D eigenvalue weighted by Crippen LogP contribution is 2.06. The Balaban J connectivity index is 1.80. The normalized spacial score (nSPS) is 23.0. The van der Waals surface area contributed by atoms with E-state index >= 15 is 0 Å². The lowest BCUT2D eigenvalue weighted by Crippen LogP contribution is -2.39. The molecule has 0 spiro atoms. The Morgan fingerprint density at radius 1 is 1.29 bits per heavy atom. The van der Waals surface area contributed by atoms with Crippen LogP contribution in [0.5, 0.6) is 0 Å². The van der Waals surface area contributed by atoms with Crippen molar-refractivity contribution in [2.45, 2.75) is 19.8 Å². The van der Waals surface area contributed by atoms with E-state index in [2.05, 4.69) is 47.5 Å². The van der Waals surface area contributed by atoms with Gasteiger partial charge in [0.15, 0.2) is 0 Å². The van der Waals surface area contributed by atoms with Gasteiger partial charge in [0.1, 0.15) is 0 Å². The second-order valence-corrected chi connectivity index (χ2v) is 5.20. The third-order valence-electron chi connectivity index (χ3n) is 3.45. The van der Waals surface area contributed by atoms with Crippen LogP contribution in [0.2, 0.25) is 0 Å². The zero-order chi connectivity index (χ0) is 11.9. The number of nitrogens with zero attached hydrogens (tertiary/aromatic N) is 1. The first-order valence-corrected chi connectivity index (χ1v) is 6.81. The van der Waals surface area contributed by atoms with Crippen molar-refractivity contribution in [3.8, 4) is 0 Å². The molecule has 0 aromatic heterocycles. The molecule has 1 heterocycles. The molecule has 1 atom stereocenters. The third-order valence-corrected chi connectivity index (χ3v) is 3.45. The summed E-state index contributed by atoms with van der Waals surface area (Å²) in [5.41, 5.74) is 1.46. The van der Waals surface area contributed by atoms with E-state index in [-0.39, 0.29) is 0 Å². The molecule has 1 aliphatic rings. The fourth-order valence-corrected chi connectivity index (χ4v) is 2.51. The molecule has 0 radical (unpaired) electrons. The van der Waals surface area contributed by atoms with E-state index in [1.165, 1.54) is 51.1 Å². The predicted octanol–water partition coefficient (Wildman–Crippen LogP) is 2.16. The fourth-order valence-electron chi connectivity index (χ4n) is 2.51. The van der Waals surface area contributed by atoms with E-state index in [9.17, 15) is 0 Å². The molecule has 2 rings (SSSR count). The van der Waals surface area contributed by atoms with Crippen molar-refractivity contribution >= 4 is 0 Å². The molecule has 0 aliphatic carbocycles. The number of nitrogens with one attached hydrogen (secondary N) is 1. The SMILES string of the molecule is CC1CNCCCN(CCc2ccccc2)C1. The van der Waals surface area contributed by atoms with Gasteiger partial charge in [-0.3, -0.25) is 0 Å². The quantitative estimate of drug-likeness (QED) is 0.859. The molecule has 0 amide bonds. The van der Waals surface area contributed by atoms with Crippen LogP contribution in [0.1, 0.15) is 18.9 Å². The van der Waals surface area contributed by atoms with Crippen molar-refractivity contribution in [2.24, 2.45) is 5.92 Å². The molecule has 1 unspecified atom stereocenters. The van der Waals surface area contributed by atoms with Crippen LogP contribution in [0.4, 0.5) is 0 Å². The summed E-state index contributed by atoms with van der Waals surface area (Å²) < 4.78 is 0. The molecule has 1 aliphatic heterocycles. The van der Waals surface area contributed by atoms with Crippen LogP contribution >= 0.6 is 0 Å². The molecule has 1 N–H and O–H groups in total. The molecule has 1 fully saturated rings. The first kappa shape index (κ1) is 12.6. The standard InChI is InChI=1S/C15H24N2/c1-14-12-16-9-5-10-17(13-14)11-8-15-6-3-2-4-7-15/h2-4,6-7,14,16H,5,8-13H2,1H3. The highest BCUT2D eigenvalue weighted by molar-refractivity contribution is 5.14. The van der Waals surface area contributed by atoms with Crippen molar-refractivity contribution < 1.29 is 0 Å². The van der Waals surface area contributed by atoms with Gasteiger partial charge in [-0.2, -0.15) is 0 Å². The van der Waals surface area contributed by atoms with Crippen molar-refractivity contribution in [3.63, 3.8) is 0 Å². The second kappa shape index (κ2) is 6.77. The molecular formula is C15H24N2. The van der Waals surface area contributed by atoms with Gasteiger partial charge in [0.05, 0.1) is 0 Å². The maximum absolute atomic E-state index is 3.50. The Hall–Kier alpha value is -0.860. The summed E-state index contributed by atoms with van der Waals surface area (Å²) in [5.74, 6) is 0.770. The first-order valence-electron chi connectivity index (χ1n) is 6.81. The van der Waals surface area contributed by atoms with Crippen molar-refractivity contribution in [2.75, 3.05) is 32.7 Å². The molecule has 2 nitrogen and oxygen atoms in total. The average Bonchev–Trinajstić information content (AvgIpc) is 2.33. The number of hydrogen-bond donors (Lipinski definition) is 1. The molecule has 1 aromatic carbocycles. The van der Waals surface area contributed by atoms with E-state index in [0.717, 1.165) is 5.92 Å². The van der Waals surface area contributed by atoms with Crippen molar-refractivity contribution in [3.05, 3.63) is 35.9 Å². The number of rotatable bonds is 3. The van der Waals surface area contributed by atoms with E-state index in [1.807, 2.05) is 0 Å². The Labute approximate surface area is 105 Å². The van der Waals surface area contributed by atoms with Crippen molar-refractivity contribution in [1.82, 2.24) is 10.2 Å². The lowest BCUT2D eigenvalue weighted by molar-refractivity contribution is 0.218. The largest absolute Gasteiger partial charge is 0.316 e. The zero-order valence-electron chi connectivity index (χ0n) is 10.9. The van der Waals surface area contributed by atoms with Gasteiger partial charge < -0.3 is 10.2 Å². The Morgan fingerprint density at radius 2 is 2.12 bits per heavy atom. The topological polar surface area (TPSA) is 15.3 Å². The number of hydrogen-bond acceptors (Lipinski definition) is 2. The maximum Gasteiger partial charge on any atom is 0.00220 e. The van der Waals surface area contributed by atoms with Gasteiger partial charge in [0.2, 0.25) is 0 Å². The first-order chi connectivity index (χ1) is 8.34.